The van der Waals surface area contributed by atoms with E-state index >= 15 is 0 Å². The van der Waals surface area contributed by atoms with E-state index in [-0.39, 0.29) is 11.5 Å². The van der Waals surface area contributed by atoms with Gasteiger partial charge in [-0.15, -0.1) is 0 Å². The fourth-order valence-corrected chi connectivity index (χ4v) is 5.43. The SMILES string of the molecule is COc1cc(OCC2CC2)cc(C(=O)NCC2CCN(c3ccnc(-c4cccc(-n5ncc(C(=O)O)c5C)c4)n3)CC2)c1. The van der Waals surface area contributed by atoms with E-state index in [1.165, 1.54) is 19.0 Å². The van der Waals surface area contributed by atoms with Crippen LogP contribution in [0.15, 0.2) is 60.9 Å². The predicted molar refractivity (Wildman–Crippen MR) is 165 cm³/mol. The fraction of sp³-hybridized carbons (Fsp3) is 0.364. The number of rotatable bonds is 11. The monoisotopic (exact) mass is 596 g/mol. The number of anilines is 1. The van der Waals surface area contributed by atoms with Crippen molar-refractivity contribution in [1.29, 1.82) is 0 Å². The Morgan fingerprint density at radius 3 is 2.55 bits per heavy atom. The Morgan fingerprint density at radius 2 is 1.82 bits per heavy atom. The smallest absolute Gasteiger partial charge is 0.339 e. The van der Waals surface area contributed by atoms with Crippen molar-refractivity contribution in [3.05, 3.63) is 77.7 Å². The van der Waals surface area contributed by atoms with Gasteiger partial charge in [-0.2, -0.15) is 5.10 Å². The highest BCUT2D eigenvalue weighted by atomic mass is 16.5. The number of aromatic carboxylic acids is 1. The number of amides is 1. The van der Waals surface area contributed by atoms with Gasteiger partial charge in [-0.25, -0.2) is 19.4 Å². The molecule has 2 aromatic heterocycles. The number of hydrogen-bond acceptors (Lipinski definition) is 8. The molecule has 3 heterocycles. The molecule has 1 aliphatic heterocycles. The van der Waals surface area contributed by atoms with E-state index in [9.17, 15) is 14.7 Å². The molecule has 2 aliphatic rings. The number of piperidine rings is 1. The summed E-state index contributed by atoms with van der Waals surface area (Å²) in [6.45, 7) is 4.64. The topological polar surface area (TPSA) is 132 Å². The molecule has 1 saturated carbocycles. The number of ether oxygens (including phenoxy) is 2. The molecule has 228 valence electrons. The third kappa shape index (κ3) is 6.66. The van der Waals surface area contributed by atoms with Crippen molar-refractivity contribution in [1.82, 2.24) is 25.1 Å². The van der Waals surface area contributed by atoms with Gasteiger partial charge in [-0.05, 0) is 74.8 Å². The molecule has 11 nitrogen and oxygen atoms in total. The van der Waals surface area contributed by atoms with Crippen LogP contribution in [0.4, 0.5) is 5.82 Å². The molecule has 44 heavy (non-hydrogen) atoms. The van der Waals surface area contributed by atoms with Gasteiger partial charge in [0.05, 0.1) is 31.3 Å². The average molecular weight is 597 g/mol. The number of carboxylic acid groups (broad SMARTS) is 1. The second-order valence-electron chi connectivity index (χ2n) is 11.4. The summed E-state index contributed by atoms with van der Waals surface area (Å²) in [5.41, 5.74) is 2.80. The molecule has 2 aromatic carbocycles. The van der Waals surface area contributed by atoms with Crippen molar-refractivity contribution in [2.24, 2.45) is 11.8 Å². The maximum absolute atomic E-state index is 13.0. The number of aromatic nitrogens is 4. The minimum Gasteiger partial charge on any atom is -0.497 e. The Balaban J connectivity index is 1.05. The van der Waals surface area contributed by atoms with Gasteiger partial charge in [0.2, 0.25) is 0 Å². The predicted octanol–water partition coefficient (Wildman–Crippen LogP) is 4.78. The average Bonchev–Trinajstić information content (AvgIpc) is 3.81. The second kappa shape index (κ2) is 12.7. The summed E-state index contributed by atoms with van der Waals surface area (Å²) < 4.78 is 12.9. The van der Waals surface area contributed by atoms with E-state index in [1.807, 2.05) is 36.4 Å². The van der Waals surface area contributed by atoms with Crippen molar-refractivity contribution in [3.63, 3.8) is 0 Å². The largest absolute Gasteiger partial charge is 0.497 e. The lowest BCUT2D eigenvalue weighted by molar-refractivity contribution is 0.0695. The first-order valence-corrected chi connectivity index (χ1v) is 14.9. The van der Waals surface area contributed by atoms with Crippen LogP contribution in [0.25, 0.3) is 17.1 Å². The van der Waals surface area contributed by atoms with E-state index in [4.69, 9.17) is 14.5 Å². The number of hydrogen-bond donors (Lipinski definition) is 2. The number of nitrogens with zero attached hydrogens (tertiary/aromatic N) is 5. The lowest BCUT2D eigenvalue weighted by atomic mass is 9.96. The van der Waals surface area contributed by atoms with Gasteiger partial charge in [0.1, 0.15) is 22.9 Å². The molecule has 0 bridgehead atoms. The minimum atomic E-state index is -1.01. The van der Waals surface area contributed by atoms with Crippen LogP contribution in [-0.4, -0.2) is 70.1 Å². The van der Waals surface area contributed by atoms with Crippen molar-refractivity contribution in [3.8, 4) is 28.6 Å². The first kappa shape index (κ1) is 29.2. The van der Waals surface area contributed by atoms with Gasteiger partial charge < -0.3 is 24.8 Å². The van der Waals surface area contributed by atoms with Gasteiger partial charge in [-0.1, -0.05) is 12.1 Å². The van der Waals surface area contributed by atoms with Crippen molar-refractivity contribution in [2.75, 3.05) is 38.3 Å². The molecule has 0 radical (unpaired) electrons. The van der Waals surface area contributed by atoms with Crippen LogP contribution >= 0.6 is 0 Å². The Hall–Kier alpha value is -4.93. The Kier molecular flexibility index (Phi) is 8.44. The second-order valence-corrected chi connectivity index (χ2v) is 11.4. The molecule has 0 spiro atoms. The summed E-state index contributed by atoms with van der Waals surface area (Å²) in [6, 6.07) is 14.9. The summed E-state index contributed by atoms with van der Waals surface area (Å²) in [7, 11) is 1.59. The van der Waals surface area contributed by atoms with Crippen LogP contribution in [0.5, 0.6) is 11.5 Å². The van der Waals surface area contributed by atoms with Crippen LogP contribution in [0.1, 0.15) is 52.1 Å². The molecule has 6 rings (SSSR count). The first-order valence-electron chi connectivity index (χ1n) is 14.9. The molecular weight excluding hydrogens is 560 g/mol. The van der Waals surface area contributed by atoms with Crippen LogP contribution in [-0.2, 0) is 0 Å². The van der Waals surface area contributed by atoms with E-state index in [0.717, 1.165) is 43.0 Å². The number of carbonyl (C=O) groups is 2. The zero-order valence-electron chi connectivity index (χ0n) is 24.9. The highest BCUT2D eigenvalue weighted by Gasteiger charge is 2.24. The third-order valence-corrected chi connectivity index (χ3v) is 8.28. The summed E-state index contributed by atoms with van der Waals surface area (Å²) in [5, 5.41) is 16.8. The summed E-state index contributed by atoms with van der Waals surface area (Å²) >= 11 is 0. The van der Waals surface area contributed by atoms with Gasteiger partial charge in [0, 0.05) is 43.0 Å². The van der Waals surface area contributed by atoms with Gasteiger partial charge in [0.25, 0.3) is 5.91 Å². The fourth-order valence-electron chi connectivity index (χ4n) is 5.43. The molecule has 0 atom stereocenters. The highest BCUT2D eigenvalue weighted by Crippen LogP contribution is 2.31. The van der Waals surface area contributed by atoms with E-state index in [2.05, 4.69) is 20.3 Å². The first-order chi connectivity index (χ1) is 21.4. The van der Waals surface area contributed by atoms with Crippen LogP contribution < -0.4 is 19.7 Å². The lowest BCUT2D eigenvalue weighted by Gasteiger charge is -2.33. The molecule has 2 N–H and O–H groups in total. The van der Waals surface area contributed by atoms with Gasteiger partial charge in [-0.3, -0.25) is 4.79 Å². The van der Waals surface area contributed by atoms with Crippen LogP contribution in [0.3, 0.4) is 0 Å². The van der Waals surface area contributed by atoms with Gasteiger partial charge in [0.15, 0.2) is 5.82 Å². The molecule has 1 amide bonds. The van der Waals surface area contributed by atoms with Crippen molar-refractivity contribution in [2.45, 2.75) is 32.6 Å². The number of nitrogens with one attached hydrogen (secondary N) is 1. The van der Waals surface area contributed by atoms with Crippen LogP contribution in [0, 0.1) is 18.8 Å². The normalized spacial score (nSPS) is 15.2. The third-order valence-electron chi connectivity index (χ3n) is 8.28. The zero-order valence-corrected chi connectivity index (χ0v) is 24.9. The zero-order chi connectivity index (χ0) is 30.6. The number of benzene rings is 2. The molecule has 1 saturated heterocycles. The Bertz CT molecular complexity index is 1660. The number of methoxy groups -OCH3 is 1. The molecule has 11 heteroatoms. The number of carbonyl (C=O) groups excluding carboxylic acids is 1. The Labute approximate surface area is 255 Å². The summed E-state index contributed by atoms with van der Waals surface area (Å²) in [5.74, 6) is 2.55. The van der Waals surface area contributed by atoms with Crippen LogP contribution in [0.2, 0.25) is 0 Å². The quantitative estimate of drug-likeness (QED) is 0.251. The van der Waals surface area contributed by atoms with E-state index < -0.39 is 5.97 Å². The maximum atomic E-state index is 13.0. The highest BCUT2D eigenvalue weighted by molar-refractivity contribution is 5.95. The van der Waals surface area contributed by atoms with Crippen molar-refractivity contribution < 1.29 is 24.2 Å². The molecular formula is C33H36N6O5. The van der Waals surface area contributed by atoms with E-state index in [1.54, 1.807) is 37.0 Å². The maximum Gasteiger partial charge on any atom is 0.339 e. The van der Waals surface area contributed by atoms with Crippen molar-refractivity contribution >= 4 is 17.7 Å². The lowest BCUT2D eigenvalue weighted by Crippen LogP contribution is -2.39. The molecule has 4 aromatic rings. The molecule has 2 fully saturated rings. The summed E-state index contributed by atoms with van der Waals surface area (Å²) in [6.07, 6.45) is 7.37. The minimum absolute atomic E-state index is 0.130. The number of carboxylic acids is 1. The molecule has 1 aliphatic carbocycles. The summed E-state index contributed by atoms with van der Waals surface area (Å²) in [4.78, 5) is 36.1. The van der Waals surface area contributed by atoms with Gasteiger partial charge >= 0.3 is 5.97 Å². The van der Waals surface area contributed by atoms with E-state index in [0.29, 0.717) is 53.6 Å². The standard InChI is InChI=1S/C33H36N6O5/c1-21-29(33(41)42)19-36-39(21)26-5-3-4-24(14-26)31-34-11-8-30(37-31)38-12-9-22(10-13-38)18-35-32(40)25-15-27(43-2)17-28(16-25)44-20-23-6-7-23/h3-5,8,11,14-17,19,22-23H,6-7,9-10,12-13,18,20H2,1-2H3,(H,35,40)(H,41,42). The Morgan fingerprint density at radius 1 is 1.02 bits per heavy atom. The molecule has 0 unspecified atom stereocenters.